The van der Waals surface area contributed by atoms with Crippen molar-refractivity contribution in [2.24, 2.45) is 0 Å². The second kappa shape index (κ2) is 11.4. The minimum absolute atomic E-state index is 0.189. The number of nitrogens with one attached hydrogen (secondary N) is 1. The molecule has 4 aromatic rings. The van der Waals surface area contributed by atoms with Gasteiger partial charge in [0.05, 0.1) is 7.11 Å². The van der Waals surface area contributed by atoms with Gasteiger partial charge in [0.2, 0.25) is 5.95 Å². The predicted octanol–water partition coefficient (Wildman–Crippen LogP) is 6.02. The number of alkyl halides is 3. The van der Waals surface area contributed by atoms with Crippen LogP contribution < -0.4 is 14.8 Å². The van der Waals surface area contributed by atoms with Gasteiger partial charge >= 0.3 is 12.3 Å². The molecule has 4 rings (SSSR count). The van der Waals surface area contributed by atoms with E-state index in [4.69, 9.17) is 9.47 Å². The zero-order valence-corrected chi connectivity index (χ0v) is 19.7. The fourth-order valence-corrected chi connectivity index (χ4v) is 3.44. The molecule has 0 fully saturated rings. The predicted molar refractivity (Wildman–Crippen MR) is 130 cm³/mol. The average molecular weight is 509 g/mol. The Balaban J connectivity index is 1.44. The van der Waals surface area contributed by atoms with Gasteiger partial charge in [0.25, 0.3) is 0 Å². The maximum atomic E-state index is 12.4. The molecule has 0 aliphatic carbocycles. The van der Waals surface area contributed by atoms with Crippen LogP contribution in [0.2, 0.25) is 0 Å². The van der Waals surface area contributed by atoms with Gasteiger partial charge in [0, 0.05) is 24.5 Å². The number of hydrogen-bond donors (Lipinski definition) is 1. The molecule has 0 unspecified atom stereocenters. The molecule has 3 aromatic carbocycles. The lowest BCUT2D eigenvalue weighted by Crippen LogP contribution is -2.17. The van der Waals surface area contributed by atoms with E-state index in [1.807, 2.05) is 30.3 Å². The number of anilines is 1. The summed E-state index contributed by atoms with van der Waals surface area (Å²) in [6.07, 6.45) is -1.62. The number of hydrogen-bond acceptors (Lipinski definition) is 7. The Morgan fingerprint density at radius 3 is 2.32 bits per heavy atom. The molecule has 190 valence electrons. The number of aromatic nitrogens is 2. The molecule has 0 aliphatic heterocycles. The Morgan fingerprint density at radius 2 is 1.62 bits per heavy atom. The molecular formula is C27H22F3N3O4. The van der Waals surface area contributed by atoms with E-state index in [1.54, 1.807) is 36.7 Å². The van der Waals surface area contributed by atoms with Crippen LogP contribution in [0.4, 0.5) is 19.1 Å². The lowest BCUT2D eigenvalue weighted by atomic mass is 10.0. The van der Waals surface area contributed by atoms with Crippen molar-refractivity contribution in [1.82, 2.24) is 9.97 Å². The molecule has 0 bridgehead atoms. The Hall–Kier alpha value is -4.60. The van der Waals surface area contributed by atoms with E-state index < -0.39 is 12.3 Å². The van der Waals surface area contributed by atoms with E-state index in [9.17, 15) is 18.0 Å². The van der Waals surface area contributed by atoms with Gasteiger partial charge in [-0.1, -0.05) is 48.5 Å². The van der Waals surface area contributed by atoms with Crippen LogP contribution in [-0.4, -0.2) is 29.4 Å². The van der Waals surface area contributed by atoms with Gasteiger partial charge in [0.1, 0.15) is 23.7 Å². The van der Waals surface area contributed by atoms with E-state index in [0.717, 1.165) is 5.56 Å². The standard InChI is InChI=1S/C27H22F3N3O4/c1-35-25(34)23-13-20(10-11-24(23)36-17-18-6-3-2-4-7-18)21-15-32-26(33-16-21)31-14-19-8-5-9-22(12-19)37-27(28,29)30/h2-13,15-16H,14,17H2,1H3,(H,31,32,33). The topological polar surface area (TPSA) is 82.6 Å². The Morgan fingerprint density at radius 1 is 0.892 bits per heavy atom. The van der Waals surface area contributed by atoms with E-state index >= 15 is 0 Å². The molecule has 10 heteroatoms. The monoisotopic (exact) mass is 509 g/mol. The Bertz CT molecular complexity index is 1350. The summed E-state index contributed by atoms with van der Waals surface area (Å²) in [5.41, 5.74) is 3.10. The minimum atomic E-state index is -4.76. The number of benzene rings is 3. The summed E-state index contributed by atoms with van der Waals surface area (Å²) in [5.74, 6) is -0.182. The van der Waals surface area contributed by atoms with Crippen LogP contribution in [0, 0.1) is 0 Å². The van der Waals surface area contributed by atoms with E-state index in [0.29, 0.717) is 29.0 Å². The lowest BCUT2D eigenvalue weighted by molar-refractivity contribution is -0.274. The van der Waals surface area contributed by atoms with Crippen molar-refractivity contribution in [3.05, 3.63) is 102 Å². The molecule has 1 heterocycles. The fourth-order valence-electron chi connectivity index (χ4n) is 3.44. The largest absolute Gasteiger partial charge is 0.573 e. The first-order chi connectivity index (χ1) is 17.8. The SMILES string of the molecule is COC(=O)c1cc(-c2cnc(NCc3cccc(OC(F)(F)F)c3)nc2)ccc1OCc1ccccc1. The molecule has 1 aromatic heterocycles. The molecule has 1 N–H and O–H groups in total. The summed E-state index contributed by atoms with van der Waals surface area (Å²) in [5, 5.41) is 2.96. The molecule has 7 nitrogen and oxygen atoms in total. The lowest BCUT2D eigenvalue weighted by Gasteiger charge is -2.13. The van der Waals surface area contributed by atoms with Crippen LogP contribution in [0.1, 0.15) is 21.5 Å². The molecule has 0 radical (unpaired) electrons. The first kappa shape index (κ1) is 25.5. The second-order valence-corrected chi connectivity index (χ2v) is 7.82. The fraction of sp³-hybridized carbons (Fsp3) is 0.148. The summed E-state index contributed by atoms with van der Waals surface area (Å²) < 4.78 is 52.0. The summed E-state index contributed by atoms with van der Waals surface area (Å²) in [6.45, 7) is 0.479. The molecule has 0 saturated heterocycles. The highest BCUT2D eigenvalue weighted by Crippen LogP contribution is 2.28. The third-order valence-electron chi connectivity index (χ3n) is 5.19. The quantitative estimate of drug-likeness (QED) is 0.276. The number of carbonyl (C=O) groups excluding carboxylic acids is 1. The summed E-state index contributed by atoms with van der Waals surface area (Å²) >= 11 is 0. The van der Waals surface area contributed by atoms with Crippen molar-refractivity contribution in [2.45, 2.75) is 19.5 Å². The van der Waals surface area contributed by atoms with Crippen molar-refractivity contribution in [2.75, 3.05) is 12.4 Å². The number of ether oxygens (including phenoxy) is 3. The summed E-state index contributed by atoms with van der Waals surface area (Å²) in [4.78, 5) is 20.9. The highest BCUT2D eigenvalue weighted by Gasteiger charge is 2.31. The summed E-state index contributed by atoms with van der Waals surface area (Å²) in [6, 6.07) is 20.3. The third kappa shape index (κ3) is 7.20. The number of carbonyl (C=O) groups is 1. The number of nitrogens with zero attached hydrogens (tertiary/aromatic N) is 2. The second-order valence-electron chi connectivity index (χ2n) is 7.82. The maximum Gasteiger partial charge on any atom is 0.573 e. The number of rotatable bonds is 9. The number of halogens is 3. The third-order valence-corrected chi connectivity index (χ3v) is 5.19. The number of esters is 1. The molecule has 37 heavy (non-hydrogen) atoms. The smallest absolute Gasteiger partial charge is 0.488 e. The van der Waals surface area contributed by atoms with Gasteiger partial charge < -0.3 is 19.5 Å². The van der Waals surface area contributed by atoms with Gasteiger partial charge in [-0.2, -0.15) is 0 Å². The van der Waals surface area contributed by atoms with Crippen LogP contribution in [-0.2, 0) is 17.9 Å². The summed E-state index contributed by atoms with van der Waals surface area (Å²) in [7, 11) is 1.30. The van der Waals surface area contributed by atoms with Crippen molar-refractivity contribution < 1.29 is 32.2 Å². The van der Waals surface area contributed by atoms with Gasteiger partial charge in [-0.15, -0.1) is 13.2 Å². The average Bonchev–Trinajstić information content (AvgIpc) is 2.90. The minimum Gasteiger partial charge on any atom is -0.488 e. The normalized spacial score (nSPS) is 11.0. The van der Waals surface area contributed by atoms with Crippen molar-refractivity contribution in [1.29, 1.82) is 0 Å². The maximum absolute atomic E-state index is 12.4. The van der Waals surface area contributed by atoms with Crippen LogP contribution in [0.25, 0.3) is 11.1 Å². The van der Waals surface area contributed by atoms with Gasteiger partial charge in [0.15, 0.2) is 0 Å². The van der Waals surface area contributed by atoms with Crippen molar-refractivity contribution in [3.63, 3.8) is 0 Å². The molecule has 0 spiro atoms. The van der Waals surface area contributed by atoms with Crippen molar-refractivity contribution in [3.8, 4) is 22.6 Å². The van der Waals surface area contributed by atoms with E-state index in [2.05, 4.69) is 20.0 Å². The van der Waals surface area contributed by atoms with Gasteiger partial charge in [-0.25, -0.2) is 14.8 Å². The van der Waals surface area contributed by atoms with Gasteiger partial charge in [-0.3, -0.25) is 0 Å². The zero-order chi connectivity index (χ0) is 26.3. The van der Waals surface area contributed by atoms with Crippen LogP contribution in [0.3, 0.4) is 0 Å². The number of methoxy groups -OCH3 is 1. The van der Waals surface area contributed by atoms with Crippen molar-refractivity contribution >= 4 is 11.9 Å². The first-order valence-electron chi connectivity index (χ1n) is 11.1. The van der Waals surface area contributed by atoms with Gasteiger partial charge in [-0.05, 0) is 41.0 Å². The van der Waals surface area contributed by atoms with E-state index in [-0.39, 0.29) is 23.8 Å². The van der Waals surface area contributed by atoms with Crippen LogP contribution >= 0.6 is 0 Å². The highest BCUT2D eigenvalue weighted by molar-refractivity contribution is 5.94. The molecule has 0 aliphatic rings. The first-order valence-corrected chi connectivity index (χ1v) is 11.1. The Kier molecular flexibility index (Phi) is 7.87. The molecule has 0 atom stereocenters. The van der Waals surface area contributed by atoms with Crippen LogP contribution in [0.5, 0.6) is 11.5 Å². The van der Waals surface area contributed by atoms with E-state index in [1.165, 1.54) is 25.3 Å². The molecule has 0 saturated carbocycles. The zero-order valence-electron chi connectivity index (χ0n) is 19.7. The highest BCUT2D eigenvalue weighted by atomic mass is 19.4. The Labute approximate surface area is 210 Å². The molecular weight excluding hydrogens is 487 g/mol. The molecule has 0 amide bonds. The van der Waals surface area contributed by atoms with Crippen LogP contribution in [0.15, 0.2) is 85.2 Å².